The van der Waals surface area contributed by atoms with E-state index in [2.05, 4.69) is 16.9 Å². The lowest BCUT2D eigenvalue weighted by Crippen LogP contribution is -2.17. The van der Waals surface area contributed by atoms with Gasteiger partial charge in [-0.2, -0.15) is 0 Å². The summed E-state index contributed by atoms with van der Waals surface area (Å²) in [6, 6.07) is 7.10. The van der Waals surface area contributed by atoms with Gasteiger partial charge in [0.05, 0.1) is 0 Å². The third-order valence-electron chi connectivity index (χ3n) is 3.68. The highest BCUT2D eigenvalue weighted by atomic mass is 35.5. The van der Waals surface area contributed by atoms with Crippen LogP contribution in [0.3, 0.4) is 0 Å². The molecule has 1 aromatic carbocycles. The lowest BCUT2D eigenvalue weighted by Gasteiger charge is -2.06. The first-order valence-corrected chi connectivity index (χ1v) is 8.81. The minimum atomic E-state index is -0.669. The molecule has 0 unspecified atom stereocenters. The van der Waals surface area contributed by atoms with Crippen LogP contribution < -0.4 is 4.74 Å². The first-order valence-electron chi connectivity index (χ1n) is 8.37. The Morgan fingerprint density at radius 3 is 2.38 bits per heavy atom. The molecular weight excluding hydrogens is 324 g/mol. The Balaban J connectivity index is 1.95. The molecule has 24 heavy (non-hydrogen) atoms. The Bertz CT molecular complexity index is 639. The molecule has 0 aliphatic carbocycles. The predicted molar refractivity (Wildman–Crippen MR) is 96.3 cm³/mol. The lowest BCUT2D eigenvalue weighted by molar-refractivity contribution is -0.133. The second-order valence-corrected chi connectivity index (χ2v) is 6.44. The maximum absolute atomic E-state index is 11.5. The molecule has 1 atom stereocenters. The van der Waals surface area contributed by atoms with Gasteiger partial charge < -0.3 is 4.74 Å². The third-order valence-corrected chi connectivity index (χ3v) is 3.86. The molecule has 0 aliphatic heterocycles. The third kappa shape index (κ3) is 5.60. The molecule has 128 valence electrons. The van der Waals surface area contributed by atoms with Crippen molar-refractivity contribution in [2.24, 2.45) is 0 Å². The summed E-state index contributed by atoms with van der Waals surface area (Å²) in [6.07, 6.45) is 9.73. The molecular formula is C19H23ClN2O2. The van der Waals surface area contributed by atoms with Gasteiger partial charge >= 0.3 is 5.97 Å². The van der Waals surface area contributed by atoms with E-state index in [-0.39, 0.29) is 0 Å². The summed E-state index contributed by atoms with van der Waals surface area (Å²) in [4.78, 5) is 20.3. The van der Waals surface area contributed by atoms with Crippen molar-refractivity contribution in [2.75, 3.05) is 0 Å². The Kier molecular flexibility index (Phi) is 7.19. The number of esters is 1. The van der Waals surface area contributed by atoms with E-state index >= 15 is 0 Å². The van der Waals surface area contributed by atoms with E-state index in [0.717, 1.165) is 17.5 Å². The van der Waals surface area contributed by atoms with Crippen LogP contribution in [0, 0.1) is 0 Å². The Morgan fingerprint density at radius 1 is 1.12 bits per heavy atom. The topological polar surface area (TPSA) is 52.1 Å². The van der Waals surface area contributed by atoms with E-state index < -0.39 is 11.3 Å². The molecule has 5 heteroatoms. The molecule has 0 saturated carbocycles. The molecule has 1 heterocycles. The van der Waals surface area contributed by atoms with Crippen molar-refractivity contribution in [1.82, 2.24) is 9.97 Å². The van der Waals surface area contributed by atoms with Crippen molar-refractivity contribution >= 4 is 17.6 Å². The molecule has 0 saturated heterocycles. The smallest absolute Gasteiger partial charge is 0.329 e. The number of benzene rings is 1. The second kappa shape index (κ2) is 9.38. The number of carbonyl (C=O) groups excluding carboxylic acids is 1. The van der Waals surface area contributed by atoms with Gasteiger partial charge in [0.1, 0.15) is 11.1 Å². The molecule has 0 bridgehead atoms. The van der Waals surface area contributed by atoms with Crippen molar-refractivity contribution in [2.45, 2.75) is 51.3 Å². The lowest BCUT2D eigenvalue weighted by atomic mass is 10.1. The van der Waals surface area contributed by atoms with E-state index in [0.29, 0.717) is 11.6 Å². The number of aromatic nitrogens is 2. The van der Waals surface area contributed by atoms with Gasteiger partial charge in [-0.25, -0.2) is 9.97 Å². The van der Waals surface area contributed by atoms with Crippen molar-refractivity contribution in [3.8, 4) is 17.1 Å². The van der Waals surface area contributed by atoms with Gasteiger partial charge in [0.25, 0.3) is 0 Å². The number of ether oxygens (including phenoxy) is 1. The number of alkyl halides is 1. The molecule has 0 amide bonds. The maximum Gasteiger partial charge on any atom is 0.329 e. The van der Waals surface area contributed by atoms with Crippen LogP contribution in [0.15, 0.2) is 36.7 Å². The van der Waals surface area contributed by atoms with Crippen LogP contribution in [0.4, 0.5) is 0 Å². The van der Waals surface area contributed by atoms with Crippen molar-refractivity contribution in [3.05, 3.63) is 42.2 Å². The summed E-state index contributed by atoms with van der Waals surface area (Å²) >= 11 is 5.68. The van der Waals surface area contributed by atoms with E-state index in [1.54, 1.807) is 19.1 Å². The van der Waals surface area contributed by atoms with Crippen LogP contribution in [-0.4, -0.2) is 21.3 Å². The summed E-state index contributed by atoms with van der Waals surface area (Å²) in [5.74, 6) is 0.660. The largest absolute Gasteiger partial charge is 0.425 e. The SMILES string of the molecule is CCCCCCc1cnc(-c2ccc(OC(=O)[C@@H](C)Cl)cc2)nc1. The van der Waals surface area contributed by atoms with Gasteiger partial charge in [0.2, 0.25) is 0 Å². The Labute approximate surface area is 148 Å². The van der Waals surface area contributed by atoms with Crippen molar-refractivity contribution in [3.63, 3.8) is 0 Å². The fourth-order valence-electron chi connectivity index (χ4n) is 2.26. The highest BCUT2D eigenvalue weighted by Crippen LogP contribution is 2.20. The number of hydrogen-bond acceptors (Lipinski definition) is 4. The zero-order chi connectivity index (χ0) is 17.4. The number of carbonyl (C=O) groups is 1. The molecule has 2 aromatic rings. The quantitative estimate of drug-likeness (QED) is 0.298. The van der Waals surface area contributed by atoms with Gasteiger partial charge in [0, 0.05) is 18.0 Å². The van der Waals surface area contributed by atoms with E-state index in [1.807, 2.05) is 24.5 Å². The van der Waals surface area contributed by atoms with Gasteiger partial charge in [-0.1, -0.05) is 26.2 Å². The fraction of sp³-hybridized carbons (Fsp3) is 0.421. The minimum Gasteiger partial charge on any atom is -0.425 e. The highest BCUT2D eigenvalue weighted by Gasteiger charge is 2.12. The summed E-state index contributed by atoms with van der Waals surface area (Å²) in [5, 5.41) is -0.669. The maximum atomic E-state index is 11.5. The number of hydrogen-bond donors (Lipinski definition) is 0. The van der Waals surface area contributed by atoms with Crippen molar-refractivity contribution < 1.29 is 9.53 Å². The average Bonchev–Trinajstić information content (AvgIpc) is 2.60. The molecule has 0 radical (unpaired) electrons. The predicted octanol–water partition coefficient (Wildman–Crippen LogP) is 4.80. The number of halogens is 1. The molecule has 0 spiro atoms. The van der Waals surface area contributed by atoms with Crippen LogP contribution in [0.5, 0.6) is 5.75 Å². The number of rotatable bonds is 8. The number of unbranched alkanes of at least 4 members (excludes halogenated alkanes) is 3. The van der Waals surface area contributed by atoms with Crippen LogP contribution in [0.1, 0.15) is 45.1 Å². The summed E-state index contributed by atoms with van der Waals surface area (Å²) < 4.78 is 5.14. The van der Waals surface area contributed by atoms with Crippen LogP contribution in [0.25, 0.3) is 11.4 Å². The summed E-state index contributed by atoms with van der Waals surface area (Å²) in [7, 11) is 0. The molecule has 0 aliphatic rings. The number of aryl methyl sites for hydroxylation is 1. The monoisotopic (exact) mass is 346 g/mol. The summed E-state index contributed by atoms with van der Waals surface area (Å²) in [5.41, 5.74) is 2.04. The van der Waals surface area contributed by atoms with E-state index in [1.165, 1.54) is 25.7 Å². The van der Waals surface area contributed by atoms with Gasteiger partial charge in [-0.3, -0.25) is 4.79 Å². The highest BCUT2D eigenvalue weighted by molar-refractivity contribution is 6.29. The first kappa shape index (κ1) is 18.4. The zero-order valence-electron chi connectivity index (χ0n) is 14.2. The van der Waals surface area contributed by atoms with Crippen molar-refractivity contribution in [1.29, 1.82) is 0 Å². The first-order chi connectivity index (χ1) is 11.6. The molecule has 2 rings (SSSR count). The number of nitrogens with zero attached hydrogens (tertiary/aromatic N) is 2. The fourth-order valence-corrected chi connectivity index (χ4v) is 2.30. The van der Waals surface area contributed by atoms with E-state index in [9.17, 15) is 4.79 Å². The van der Waals surface area contributed by atoms with Crippen LogP contribution in [-0.2, 0) is 11.2 Å². The Morgan fingerprint density at radius 2 is 1.79 bits per heavy atom. The second-order valence-electron chi connectivity index (χ2n) is 5.79. The average molecular weight is 347 g/mol. The normalized spacial score (nSPS) is 12.0. The minimum absolute atomic E-state index is 0.462. The molecule has 0 N–H and O–H groups in total. The van der Waals surface area contributed by atoms with Gasteiger partial charge in [-0.05, 0) is 49.6 Å². The summed E-state index contributed by atoms with van der Waals surface area (Å²) in [6.45, 7) is 3.79. The molecule has 0 fully saturated rings. The Hall–Kier alpha value is -1.94. The van der Waals surface area contributed by atoms with Gasteiger partial charge in [-0.15, -0.1) is 11.6 Å². The standard InChI is InChI=1S/C19H23ClN2O2/c1-3-4-5-6-7-15-12-21-18(22-13-15)16-8-10-17(11-9-16)24-19(23)14(2)20/h8-14H,3-7H2,1-2H3/t14-/m1/s1. The molecule has 4 nitrogen and oxygen atoms in total. The zero-order valence-corrected chi connectivity index (χ0v) is 14.9. The molecule has 1 aromatic heterocycles. The van der Waals surface area contributed by atoms with Crippen LogP contribution in [0.2, 0.25) is 0 Å². The van der Waals surface area contributed by atoms with Crippen LogP contribution >= 0.6 is 11.6 Å². The van der Waals surface area contributed by atoms with Gasteiger partial charge in [0.15, 0.2) is 5.82 Å². The van der Waals surface area contributed by atoms with E-state index in [4.69, 9.17) is 16.3 Å².